The highest BCUT2D eigenvalue weighted by molar-refractivity contribution is 5.79. The van der Waals surface area contributed by atoms with E-state index < -0.39 is 0 Å². The van der Waals surface area contributed by atoms with E-state index in [2.05, 4.69) is 41.5 Å². The summed E-state index contributed by atoms with van der Waals surface area (Å²) in [4.78, 5) is 18.4. The molecule has 1 amide bonds. The Hall–Kier alpha value is -2.28. The molecule has 1 saturated heterocycles. The standard InChI is InChI=1S/C24H41N5O2/c1-4-26-24(28-15-11-19(2)20-7-9-22(31-3)10-8-20)27-14-5-6-16-29-17-12-21(13-18-29)23(25)30/h7-10,19,21H,4-6,11-18H2,1-3H3,(H2,25,30)(H2,26,27,28). The first-order chi connectivity index (χ1) is 15.0. The third-order valence-corrected chi connectivity index (χ3v) is 6.04. The minimum absolute atomic E-state index is 0.0713. The van der Waals surface area contributed by atoms with E-state index in [1.807, 2.05) is 12.1 Å². The fourth-order valence-corrected chi connectivity index (χ4v) is 3.93. The van der Waals surface area contributed by atoms with E-state index in [1.54, 1.807) is 7.11 Å². The van der Waals surface area contributed by atoms with Gasteiger partial charge in [0.1, 0.15) is 5.75 Å². The Bertz CT molecular complexity index is 669. The van der Waals surface area contributed by atoms with Gasteiger partial charge in [-0.05, 0) is 82.3 Å². The van der Waals surface area contributed by atoms with Crippen LogP contribution >= 0.6 is 0 Å². The molecule has 1 aromatic rings. The lowest BCUT2D eigenvalue weighted by molar-refractivity contribution is -0.123. The summed E-state index contributed by atoms with van der Waals surface area (Å²) in [5, 5.41) is 6.79. The van der Waals surface area contributed by atoms with Gasteiger partial charge in [0.15, 0.2) is 5.96 Å². The van der Waals surface area contributed by atoms with Crippen LogP contribution in [0.3, 0.4) is 0 Å². The largest absolute Gasteiger partial charge is 0.497 e. The number of hydrogen-bond acceptors (Lipinski definition) is 4. The third kappa shape index (κ3) is 9.17. The van der Waals surface area contributed by atoms with Crippen LogP contribution in [0.2, 0.25) is 0 Å². The Balaban J connectivity index is 1.63. The van der Waals surface area contributed by atoms with Gasteiger partial charge in [-0.3, -0.25) is 9.79 Å². The van der Waals surface area contributed by atoms with E-state index in [1.165, 1.54) is 5.56 Å². The monoisotopic (exact) mass is 431 g/mol. The van der Waals surface area contributed by atoms with Crippen LogP contribution in [0, 0.1) is 5.92 Å². The van der Waals surface area contributed by atoms with Crippen molar-refractivity contribution in [3.63, 3.8) is 0 Å². The molecule has 1 aliphatic heterocycles. The second-order valence-corrected chi connectivity index (χ2v) is 8.38. The molecule has 0 aromatic heterocycles. The molecule has 7 heteroatoms. The number of primary amides is 1. The third-order valence-electron chi connectivity index (χ3n) is 6.04. The summed E-state index contributed by atoms with van der Waals surface area (Å²) < 4.78 is 5.23. The highest BCUT2D eigenvalue weighted by atomic mass is 16.5. The molecule has 1 atom stereocenters. The predicted molar refractivity (Wildman–Crippen MR) is 128 cm³/mol. The van der Waals surface area contributed by atoms with Crippen molar-refractivity contribution in [1.82, 2.24) is 15.5 Å². The molecule has 4 N–H and O–H groups in total. The predicted octanol–water partition coefficient (Wildman–Crippen LogP) is 2.72. The topological polar surface area (TPSA) is 92.0 Å². The van der Waals surface area contributed by atoms with Crippen LogP contribution in [0.4, 0.5) is 0 Å². The van der Waals surface area contributed by atoms with Gasteiger partial charge in [0.2, 0.25) is 5.91 Å². The van der Waals surface area contributed by atoms with E-state index in [0.29, 0.717) is 5.92 Å². The number of aliphatic imine (C=N–C) groups is 1. The molecule has 1 aliphatic rings. The molecule has 0 bridgehead atoms. The Morgan fingerprint density at radius 3 is 2.55 bits per heavy atom. The van der Waals surface area contributed by atoms with Gasteiger partial charge in [0.05, 0.1) is 7.11 Å². The van der Waals surface area contributed by atoms with Gasteiger partial charge >= 0.3 is 0 Å². The molecule has 1 unspecified atom stereocenters. The second kappa shape index (κ2) is 13.9. The number of likely N-dealkylation sites (tertiary alicyclic amines) is 1. The highest BCUT2D eigenvalue weighted by Crippen LogP contribution is 2.21. The lowest BCUT2D eigenvalue weighted by Crippen LogP contribution is -2.39. The summed E-state index contributed by atoms with van der Waals surface area (Å²) in [7, 11) is 1.69. The van der Waals surface area contributed by atoms with Crippen molar-refractivity contribution in [2.75, 3.05) is 46.4 Å². The van der Waals surface area contributed by atoms with Crippen molar-refractivity contribution >= 4 is 11.9 Å². The lowest BCUT2D eigenvalue weighted by atomic mass is 9.96. The van der Waals surface area contributed by atoms with Gasteiger partial charge in [-0.15, -0.1) is 0 Å². The summed E-state index contributed by atoms with van der Waals surface area (Å²) >= 11 is 0. The van der Waals surface area contributed by atoms with Crippen molar-refractivity contribution in [3.8, 4) is 5.75 Å². The van der Waals surface area contributed by atoms with Gasteiger partial charge in [-0.1, -0.05) is 19.1 Å². The molecule has 7 nitrogen and oxygen atoms in total. The Morgan fingerprint density at radius 2 is 1.94 bits per heavy atom. The number of carbonyl (C=O) groups excluding carboxylic acids is 1. The van der Waals surface area contributed by atoms with Crippen molar-refractivity contribution < 1.29 is 9.53 Å². The molecule has 1 aromatic carbocycles. The van der Waals surface area contributed by atoms with E-state index in [9.17, 15) is 4.79 Å². The average molecular weight is 432 g/mol. The number of benzene rings is 1. The maximum atomic E-state index is 11.3. The van der Waals surface area contributed by atoms with Gasteiger partial charge in [-0.2, -0.15) is 0 Å². The Kier molecular flexibility index (Phi) is 11.2. The summed E-state index contributed by atoms with van der Waals surface area (Å²) in [5.41, 5.74) is 6.73. The fourth-order valence-electron chi connectivity index (χ4n) is 3.93. The zero-order chi connectivity index (χ0) is 22.5. The number of guanidine groups is 1. The summed E-state index contributed by atoms with van der Waals surface area (Å²) in [6, 6.07) is 8.31. The van der Waals surface area contributed by atoms with Gasteiger partial charge in [0.25, 0.3) is 0 Å². The number of hydrogen-bond donors (Lipinski definition) is 3. The number of nitrogens with two attached hydrogens (primary N) is 1. The number of rotatable bonds is 12. The van der Waals surface area contributed by atoms with Crippen LogP contribution in [-0.2, 0) is 4.79 Å². The number of unbranched alkanes of at least 4 members (excludes halogenated alkanes) is 1. The molecular formula is C24H41N5O2. The molecule has 174 valence electrons. The number of piperidine rings is 1. The molecule has 0 saturated carbocycles. The van der Waals surface area contributed by atoms with Crippen LogP contribution in [0.25, 0.3) is 0 Å². The van der Waals surface area contributed by atoms with Crippen molar-refractivity contribution in [3.05, 3.63) is 29.8 Å². The molecule has 31 heavy (non-hydrogen) atoms. The second-order valence-electron chi connectivity index (χ2n) is 8.38. The van der Waals surface area contributed by atoms with Crippen LogP contribution in [0.15, 0.2) is 29.3 Å². The van der Waals surface area contributed by atoms with Gasteiger partial charge in [0, 0.05) is 25.6 Å². The molecule has 1 heterocycles. The minimum Gasteiger partial charge on any atom is -0.497 e. The number of ether oxygens (including phenoxy) is 1. The Labute approximate surface area is 187 Å². The number of methoxy groups -OCH3 is 1. The SMILES string of the molecule is CCNC(=NCCCCN1CCC(C(N)=O)CC1)NCCC(C)c1ccc(OC)cc1. The van der Waals surface area contributed by atoms with Crippen molar-refractivity contribution in [2.45, 2.75) is 51.9 Å². The molecule has 2 rings (SSSR count). The first kappa shape index (κ1) is 25.0. The quantitative estimate of drug-likeness (QED) is 0.269. The first-order valence-corrected chi connectivity index (χ1v) is 11.7. The van der Waals surface area contributed by atoms with Gasteiger partial charge < -0.3 is 26.0 Å². The fraction of sp³-hybridized carbons (Fsp3) is 0.667. The van der Waals surface area contributed by atoms with Crippen molar-refractivity contribution in [1.29, 1.82) is 0 Å². The van der Waals surface area contributed by atoms with E-state index >= 15 is 0 Å². The van der Waals surface area contributed by atoms with Crippen LogP contribution in [-0.4, -0.2) is 63.1 Å². The minimum atomic E-state index is -0.143. The summed E-state index contributed by atoms with van der Waals surface area (Å²) in [5.74, 6) is 2.19. The van der Waals surface area contributed by atoms with E-state index in [0.717, 1.165) is 83.1 Å². The van der Waals surface area contributed by atoms with E-state index in [4.69, 9.17) is 15.5 Å². The number of nitrogens with one attached hydrogen (secondary N) is 2. The highest BCUT2D eigenvalue weighted by Gasteiger charge is 2.22. The van der Waals surface area contributed by atoms with Crippen LogP contribution in [0.5, 0.6) is 5.75 Å². The normalized spacial score (nSPS) is 16.7. The smallest absolute Gasteiger partial charge is 0.220 e. The maximum Gasteiger partial charge on any atom is 0.220 e. The number of nitrogens with zero attached hydrogens (tertiary/aromatic N) is 2. The summed E-state index contributed by atoms with van der Waals surface area (Å²) in [6.07, 6.45) is 5.03. The lowest BCUT2D eigenvalue weighted by Gasteiger charge is -2.30. The molecule has 0 radical (unpaired) electrons. The average Bonchev–Trinajstić information content (AvgIpc) is 2.79. The number of carbonyl (C=O) groups is 1. The first-order valence-electron chi connectivity index (χ1n) is 11.7. The number of amides is 1. The maximum absolute atomic E-state index is 11.3. The zero-order valence-corrected chi connectivity index (χ0v) is 19.5. The van der Waals surface area contributed by atoms with E-state index in [-0.39, 0.29) is 11.8 Å². The Morgan fingerprint density at radius 1 is 1.23 bits per heavy atom. The molecule has 1 fully saturated rings. The summed E-state index contributed by atoms with van der Waals surface area (Å²) in [6.45, 7) is 9.93. The van der Waals surface area contributed by atoms with Crippen LogP contribution in [0.1, 0.15) is 57.4 Å². The van der Waals surface area contributed by atoms with Crippen LogP contribution < -0.4 is 21.1 Å². The zero-order valence-electron chi connectivity index (χ0n) is 19.5. The molecular weight excluding hydrogens is 390 g/mol. The molecule has 0 spiro atoms. The van der Waals surface area contributed by atoms with Crippen molar-refractivity contribution in [2.24, 2.45) is 16.6 Å². The van der Waals surface area contributed by atoms with Gasteiger partial charge in [-0.25, -0.2) is 0 Å². The molecule has 0 aliphatic carbocycles.